The largest absolute Gasteiger partial charge is 0.337 e. The molecule has 0 saturated carbocycles. The zero-order valence-electron chi connectivity index (χ0n) is 9.69. The highest BCUT2D eigenvalue weighted by Crippen LogP contribution is 2.19. The summed E-state index contributed by atoms with van der Waals surface area (Å²) in [6.07, 6.45) is 0. The lowest BCUT2D eigenvalue weighted by Crippen LogP contribution is -2.25. The Labute approximate surface area is 132 Å². The van der Waals surface area contributed by atoms with Crippen molar-refractivity contribution in [1.82, 2.24) is 4.90 Å². The van der Waals surface area contributed by atoms with Gasteiger partial charge in [-0.15, -0.1) is 11.3 Å². The Bertz CT molecular complexity index is 552. The SMILES string of the molecule is CN(Cc1ccc(Br)cc1)C(=O)c1csc(I)c1. The molecule has 2 nitrogen and oxygen atoms in total. The summed E-state index contributed by atoms with van der Waals surface area (Å²) < 4.78 is 2.18. The maximum Gasteiger partial charge on any atom is 0.254 e. The second-order valence-corrected chi connectivity index (χ2v) is 7.65. The molecule has 0 unspecified atom stereocenters. The summed E-state index contributed by atoms with van der Waals surface area (Å²) in [6, 6.07) is 9.93. The zero-order valence-corrected chi connectivity index (χ0v) is 14.3. The summed E-state index contributed by atoms with van der Waals surface area (Å²) in [6.45, 7) is 0.624. The van der Waals surface area contributed by atoms with Gasteiger partial charge in [0.2, 0.25) is 0 Å². The first kappa shape index (κ1) is 14.0. The van der Waals surface area contributed by atoms with E-state index in [4.69, 9.17) is 0 Å². The fourth-order valence-corrected chi connectivity index (χ4v) is 3.16. The van der Waals surface area contributed by atoms with Crippen molar-refractivity contribution >= 4 is 55.8 Å². The summed E-state index contributed by atoms with van der Waals surface area (Å²) in [5.74, 6) is 0.0667. The molecule has 0 bridgehead atoms. The van der Waals surface area contributed by atoms with E-state index in [1.54, 1.807) is 16.2 Å². The number of benzene rings is 1. The summed E-state index contributed by atoms with van der Waals surface area (Å²) in [7, 11) is 1.83. The molecule has 0 aliphatic carbocycles. The molecule has 0 aliphatic heterocycles. The molecule has 1 aromatic carbocycles. The highest BCUT2D eigenvalue weighted by atomic mass is 127. The van der Waals surface area contributed by atoms with Crippen LogP contribution < -0.4 is 0 Å². The Balaban J connectivity index is 2.05. The Hall–Kier alpha value is -0.400. The normalized spacial score (nSPS) is 10.4. The van der Waals surface area contributed by atoms with Gasteiger partial charge >= 0.3 is 0 Å². The van der Waals surface area contributed by atoms with Crippen LogP contribution in [0.3, 0.4) is 0 Å². The standard InChI is InChI=1S/C13H11BrINOS/c1-16(7-9-2-4-11(14)5-3-9)13(17)10-6-12(15)18-8-10/h2-6,8H,7H2,1H3. The van der Waals surface area contributed by atoms with Crippen molar-refractivity contribution in [1.29, 1.82) is 0 Å². The third-order valence-corrected chi connectivity index (χ3v) is 4.81. The van der Waals surface area contributed by atoms with Crippen molar-refractivity contribution in [3.05, 3.63) is 54.2 Å². The lowest BCUT2D eigenvalue weighted by atomic mass is 10.2. The van der Waals surface area contributed by atoms with E-state index in [2.05, 4.69) is 38.5 Å². The van der Waals surface area contributed by atoms with E-state index in [-0.39, 0.29) is 5.91 Å². The molecule has 1 aromatic heterocycles. The highest BCUT2D eigenvalue weighted by Gasteiger charge is 2.13. The van der Waals surface area contributed by atoms with Crippen LogP contribution in [0.5, 0.6) is 0 Å². The number of nitrogens with zero attached hydrogens (tertiary/aromatic N) is 1. The smallest absolute Gasteiger partial charge is 0.254 e. The Kier molecular flexibility index (Phi) is 4.80. The van der Waals surface area contributed by atoms with Crippen LogP contribution >= 0.6 is 49.9 Å². The van der Waals surface area contributed by atoms with Gasteiger partial charge in [-0.3, -0.25) is 4.79 Å². The van der Waals surface area contributed by atoms with Gasteiger partial charge in [-0.05, 0) is 46.4 Å². The van der Waals surface area contributed by atoms with E-state index in [1.807, 2.05) is 42.8 Å². The predicted octanol–water partition coefficient (Wildman–Crippen LogP) is 4.39. The van der Waals surface area contributed by atoms with Crippen LogP contribution in [0.4, 0.5) is 0 Å². The minimum atomic E-state index is 0.0667. The number of rotatable bonds is 3. The highest BCUT2D eigenvalue weighted by molar-refractivity contribution is 14.1. The first-order valence-corrected chi connectivity index (χ1v) is 8.05. The van der Waals surface area contributed by atoms with E-state index >= 15 is 0 Å². The first-order chi connectivity index (χ1) is 8.56. The third kappa shape index (κ3) is 3.55. The molecular formula is C13H11BrINOS. The van der Waals surface area contributed by atoms with E-state index < -0.39 is 0 Å². The molecule has 0 N–H and O–H groups in total. The summed E-state index contributed by atoms with van der Waals surface area (Å²) in [5, 5.41) is 1.90. The Morgan fingerprint density at radius 1 is 1.39 bits per heavy atom. The van der Waals surface area contributed by atoms with Gasteiger partial charge in [0.1, 0.15) is 0 Å². The van der Waals surface area contributed by atoms with Gasteiger partial charge < -0.3 is 4.90 Å². The van der Waals surface area contributed by atoms with Gasteiger partial charge in [-0.25, -0.2) is 0 Å². The van der Waals surface area contributed by atoms with Crippen LogP contribution in [0, 0.1) is 2.88 Å². The lowest BCUT2D eigenvalue weighted by Gasteiger charge is -2.16. The molecule has 94 valence electrons. The fourth-order valence-electron chi connectivity index (χ4n) is 1.58. The van der Waals surface area contributed by atoms with Crippen molar-refractivity contribution in [2.75, 3.05) is 7.05 Å². The van der Waals surface area contributed by atoms with Crippen molar-refractivity contribution in [3.63, 3.8) is 0 Å². The van der Waals surface area contributed by atoms with E-state index in [0.717, 1.165) is 18.5 Å². The molecule has 1 amide bonds. The summed E-state index contributed by atoms with van der Waals surface area (Å²) in [5.41, 5.74) is 1.89. The number of amides is 1. The maximum absolute atomic E-state index is 12.1. The Morgan fingerprint density at radius 3 is 2.61 bits per heavy atom. The molecular weight excluding hydrogens is 425 g/mol. The molecule has 0 fully saturated rings. The number of carbonyl (C=O) groups is 1. The van der Waals surface area contributed by atoms with E-state index in [0.29, 0.717) is 6.54 Å². The van der Waals surface area contributed by atoms with Crippen LogP contribution in [0.2, 0.25) is 0 Å². The summed E-state index contributed by atoms with van der Waals surface area (Å²) >= 11 is 7.22. The number of hydrogen-bond donors (Lipinski definition) is 0. The van der Waals surface area contributed by atoms with Gasteiger partial charge in [-0.2, -0.15) is 0 Å². The average molecular weight is 436 g/mol. The minimum Gasteiger partial charge on any atom is -0.337 e. The third-order valence-electron chi connectivity index (χ3n) is 2.49. The average Bonchev–Trinajstić information content (AvgIpc) is 2.78. The molecule has 2 aromatic rings. The van der Waals surface area contributed by atoms with Gasteiger partial charge in [0.15, 0.2) is 0 Å². The maximum atomic E-state index is 12.1. The van der Waals surface area contributed by atoms with E-state index in [9.17, 15) is 4.79 Å². The van der Waals surface area contributed by atoms with Crippen LogP contribution in [0.15, 0.2) is 40.2 Å². The van der Waals surface area contributed by atoms with Crippen molar-refractivity contribution in [3.8, 4) is 0 Å². The van der Waals surface area contributed by atoms with Crippen LogP contribution in [0.1, 0.15) is 15.9 Å². The fraction of sp³-hybridized carbons (Fsp3) is 0.154. The second-order valence-electron chi connectivity index (χ2n) is 3.93. The van der Waals surface area contributed by atoms with Crippen LogP contribution in [-0.2, 0) is 6.54 Å². The number of hydrogen-bond acceptors (Lipinski definition) is 2. The number of halogens is 2. The molecule has 0 radical (unpaired) electrons. The molecule has 0 atom stereocenters. The molecule has 18 heavy (non-hydrogen) atoms. The van der Waals surface area contributed by atoms with E-state index in [1.165, 1.54) is 0 Å². The molecule has 1 heterocycles. The molecule has 2 rings (SSSR count). The van der Waals surface area contributed by atoms with Crippen molar-refractivity contribution in [2.45, 2.75) is 6.54 Å². The second kappa shape index (κ2) is 6.16. The monoisotopic (exact) mass is 435 g/mol. The molecule has 0 aliphatic rings. The topological polar surface area (TPSA) is 20.3 Å². The summed E-state index contributed by atoms with van der Waals surface area (Å²) in [4.78, 5) is 13.9. The van der Waals surface area contributed by atoms with Gasteiger partial charge in [0.05, 0.1) is 8.45 Å². The molecule has 5 heteroatoms. The van der Waals surface area contributed by atoms with Crippen molar-refractivity contribution < 1.29 is 4.79 Å². The van der Waals surface area contributed by atoms with Gasteiger partial charge in [0, 0.05) is 23.4 Å². The molecule has 0 spiro atoms. The van der Waals surface area contributed by atoms with Crippen LogP contribution in [-0.4, -0.2) is 17.9 Å². The van der Waals surface area contributed by atoms with Gasteiger partial charge in [0.25, 0.3) is 5.91 Å². The number of carbonyl (C=O) groups excluding carboxylic acids is 1. The van der Waals surface area contributed by atoms with Crippen LogP contribution in [0.25, 0.3) is 0 Å². The molecule has 0 saturated heterocycles. The number of thiophene rings is 1. The Morgan fingerprint density at radius 2 is 2.06 bits per heavy atom. The zero-order chi connectivity index (χ0) is 13.1. The minimum absolute atomic E-state index is 0.0667. The van der Waals surface area contributed by atoms with Crippen molar-refractivity contribution in [2.24, 2.45) is 0 Å². The van der Waals surface area contributed by atoms with Gasteiger partial charge in [-0.1, -0.05) is 28.1 Å². The predicted molar refractivity (Wildman–Crippen MR) is 87.0 cm³/mol. The lowest BCUT2D eigenvalue weighted by molar-refractivity contribution is 0.0785. The quantitative estimate of drug-likeness (QED) is 0.655. The first-order valence-electron chi connectivity index (χ1n) is 5.30.